The van der Waals surface area contributed by atoms with Gasteiger partial charge in [0, 0.05) is 29.6 Å². The van der Waals surface area contributed by atoms with Gasteiger partial charge in [-0.1, -0.05) is 48.5 Å². The molecule has 0 unspecified atom stereocenters. The summed E-state index contributed by atoms with van der Waals surface area (Å²) < 4.78 is 6.87. The van der Waals surface area contributed by atoms with Gasteiger partial charge in [-0.05, 0) is 46.8 Å². The molecule has 0 saturated carbocycles. The third kappa shape index (κ3) is 2.82. The molecule has 0 amide bonds. The number of rotatable bonds is 3. The maximum atomic E-state index is 12.9. The Balaban J connectivity index is 2.01. The first-order chi connectivity index (χ1) is 13.5. The maximum absolute atomic E-state index is 12.9. The molecule has 4 nitrogen and oxygen atoms in total. The fourth-order valence-corrected chi connectivity index (χ4v) is 4.08. The maximum Gasteiger partial charge on any atom is 0.406 e. The Morgan fingerprint density at radius 2 is 1.50 bits per heavy atom. The first-order valence-electron chi connectivity index (χ1n) is 9.37. The van der Waals surface area contributed by atoms with Gasteiger partial charge in [-0.15, -0.1) is 0 Å². The number of aryl methyl sites for hydroxylation is 2. The van der Waals surface area contributed by atoms with Gasteiger partial charge in [-0.2, -0.15) is 0 Å². The second kappa shape index (κ2) is 7.04. The lowest BCUT2D eigenvalue weighted by atomic mass is 9.88. The summed E-state index contributed by atoms with van der Waals surface area (Å²) in [5.41, 5.74) is 7.95. The molecule has 0 atom stereocenters. The Labute approximate surface area is 165 Å². The standard InChI is InChI=1S/C24H23N2O2/c1-15-13-14-16(2)26(25-15)23(24(27)28-4)17(3)22-20-11-7-5-9-18(20)19-10-6-8-12-21(19)22/h5-14,22H,1-4H3/q+1/b23-17+. The Hall–Kier alpha value is -3.27. The van der Waals surface area contributed by atoms with Crippen molar-refractivity contribution in [3.05, 3.63) is 88.8 Å². The summed E-state index contributed by atoms with van der Waals surface area (Å²) >= 11 is 0. The van der Waals surface area contributed by atoms with Crippen LogP contribution in [0.1, 0.15) is 35.4 Å². The van der Waals surface area contributed by atoms with Crippen LogP contribution in [0.5, 0.6) is 0 Å². The van der Waals surface area contributed by atoms with Gasteiger partial charge in [0.05, 0.1) is 7.11 Å². The Kier molecular flexibility index (Phi) is 4.55. The van der Waals surface area contributed by atoms with Gasteiger partial charge in [-0.3, -0.25) is 0 Å². The lowest BCUT2D eigenvalue weighted by Gasteiger charge is -2.15. The van der Waals surface area contributed by atoms with Crippen LogP contribution < -0.4 is 4.68 Å². The van der Waals surface area contributed by atoms with E-state index in [9.17, 15) is 4.79 Å². The Morgan fingerprint density at radius 3 is 2.07 bits per heavy atom. The van der Waals surface area contributed by atoms with Crippen molar-refractivity contribution >= 4 is 11.7 Å². The van der Waals surface area contributed by atoms with Crippen molar-refractivity contribution in [1.82, 2.24) is 5.10 Å². The van der Waals surface area contributed by atoms with Crippen LogP contribution in [-0.2, 0) is 9.53 Å². The predicted molar refractivity (Wildman–Crippen MR) is 109 cm³/mol. The molecule has 1 aliphatic carbocycles. The quantitative estimate of drug-likeness (QED) is 0.394. The number of hydrogen-bond acceptors (Lipinski definition) is 3. The zero-order valence-corrected chi connectivity index (χ0v) is 16.6. The lowest BCUT2D eigenvalue weighted by molar-refractivity contribution is -0.651. The lowest BCUT2D eigenvalue weighted by Crippen LogP contribution is -2.45. The molecule has 0 spiro atoms. The molecule has 1 aliphatic rings. The number of hydrogen-bond donors (Lipinski definition) is 0. The largest absolute Gasteiger partial charge is 0.461 e. The van der Waals surface area contributed by atoms with Crippen LogP contribution in [0.15, 0.2) is 66.2 Å². The van der Waals surface area contributed by atoms with E-state index in [-0.39, 0.29) is 11.9 Å². The number of allylic oxidation sites excluding steroid dienone is 1. The molecule has 0 radical (unpaired) electrons. The van der Waals surface area contributed by atoms with E-state index in [0.717, 1.165) is 17.0 Å². The first-order valence-corrected chi connectivity index (χ1v) is 9.37. The van der Waals surface area contributed by atoms with Crippen LogP contribution in [0.4, 0.5) is 0 Å². The van der Waals surface area contributed by atoms with E-state index in [1.807, 2.05) is 45.0 Å². The third-order valence-electron chi connectivity index (χ3n) is 5.39. The Bertz CT molecular complexity index is 1070. The SMILES string of the molecule is COC(=O)/C(=C(/C)C1c2ccccc2-c2ccccc21)[n+]1nc(C)ccc1C. The summed E-state index contributed by atoms with van der Waals surface area (Å²) in [6.45, 7) is 5.87. The number of esters is 1. The summed E-state index contributed by atoms with van der Waals surface area (Å²) in [7, 11) is 1.41. The smallest absolute Gasteiger partial charge is 0.406 e. The van der Waals surface area contributed by atoms with E-state index in [4.69, 9.17) is 4.74 Å². The summed E-state index contributed by atoms with van der Waals surface area (Å²) in [6.07, 6.45) is 0. The molecular formula is C24H23N2O2+. The predicted octanol–water partition coefficient (Wildman–Crippen LogP) is 4.20. The van der Waals surface area contributed by atoms with Crippen molar-refractivity contribution in [2.75, 3.05) is 7.11 Å². The van der Waals surface area contributed by atoms with Crippen LogP contribution in [0.3, 0.4) is 0 Å². The number of carbonyl (C=O) groups is 1. The number of carbonyl (C=O) groups excluding carboxylic acids is 1. The second-order valence-corrected chi connectivity index (χ2v) is 7.16. The van der Waals surface area contributed by atoms with Gasteiger partial charge in [0.2, 0.25) is 5.69 Å². The number of aromatic nitrogens is 2. The molecular weight excluding hydrogens is 348 g/mol. The van der Waals surface area contributed by atoms with E-state index in [1.54, 1.807) is 4.68 Å². The molecule has 1 aromatic heterocycles. The van der Waals surface area contributed by atoms with Gasteiger partial charge in [-0.25, -0.2) is 4.79 Å². The molecule has 1 heterocycles. The van der Waals surface area contributed by atoms with Crippen LogP contribution in [0, 0.1) is 13.8 Å². The topological polar surface area (TPSA) is 43.1 Å². The molecule has 28 heavy (non-hydrogen) atoms. The summed E-state index contributed by atoms with van der Waals surface area (Å²) in [6, 6.07) is 20.7. The van der Waals surface area contributed by atoms with Crippen molar-refractivity contribution in [2.24, 2.45) is 0 Å². The average molecular weight is 371 g/mol. The minimum Gasteiger partial charge on any atom is -0.461 e. The Morgan fingerprint density at radius 1 is 0.929 bits per heavy atom. The highest BCUT2D eigenvalue weighted by atomic mass is 16.5. The normalized spacial score (nSPS) is 13.6. The fourth-order valence-electron chi connectivity index (χ4n) is 4.08. The fraction of sp³-hybridized carbons (Fsp3) is 0.208. The highest BCUT2D eigenvalue weighted by Gasteiger charge is 2.37. The third-order valence-corrected chi connectivity index (χ3v) is 5.39. The monoisotopic (exact) mass is 371 g/mol. The van der Waals surface area contributed by atoms with Crippen LogP contribution in [0.25, 0.3) is 16.8 Å². The van der Waals surface area contributed by atoms with Crippen molar-refractivity contribution in [2.45, 2.75) is 26.7 Å². The molecule has 2 aromatic carbocycles. The summed E-state index contributed by atoms with van der Waals surface area (Å²) in [5, 5.41) is 4.60. The highest BCUT2D eigenvalue weighted by molar-refractivity contribution is 6.07. The van der Waals surface area contributed by atoms with Gasteiger partial charge in [0.15, 0.2) is 0 Å². The van der Waals surface area contributed by atoms with Crippen LogP contribution >= 0.6 is 0 Å². The van der Waals surface area contributed by atoms with Gasteiger partial charge < -0.3 is 4.74 Å². The van der Waals surface area contributed by atoms with E-state index in [2.05, 4.69) is 41.5 Å². The molecule has 0 aliphatic heterocycles. The number of benzene rings is 2. The van der Waals surface area contributed by atoms with Crippen molar-refractivity contribution in [3.63, 3.8) is 0 Å². The van der Waals surface area contributed by atoms with Crippen molar-refractivity contribution in [3.8, 4) is 11.1 Å². The highest BCUT2D eigenvalue weighted by Crippen LogP contribution is 2.48. The number of fused-ring (bicyclic) bond motifs is 3. The molecule has 3 aromatic rings. The summed E-state index contributed by atoms with van der Waals surface area (Å²) in [5.74, 6) is -0.402. The average Bonchev–Trinajstić information content (AvgIpc) is 3.05. The van der Waals surface area contributed by atoms with Crippen LogP contribution in [-0.4, -0.2) is 18.2 Å². The summed E-state index contributed by atoms with van der Waals surface area (Å²) in [4.78, 5) is 12.9. The van der Waals surface area contributed by atoms with E-state index in [1.165, 1.54) is 29.4 Å². The molecule has 0 saturated heterocycles. The molecule has 4 heteroatoms. The van der Waals surface area contributed by atoms with E-state index in [0.29, 0.717) is 5.70 Å². The molecule has 4 rings (SSSR count). The van der Waals surface area contributed by atoms with Gasteiger partial charge >= 0.3 is 11.7 Å². The molecule has 0 bridgehead atoms. The minimum absolute atomic E-state index is 0.0179. The van der Waals surface area contributed by atoms with E-state index >= 15 is 0 Å². The molecule has 140 valence electrons. The van der Waals surface area contributed by atoms with Crippen molar-refractivity contribution < 1.29 is 14.2 Å². The zero-order chi connectivity index (χ0) is 19.8. The first kappa shape index (κ1) is 18.1. The van der Waals surface area contributed by atoms with Gasteiger partial charge in [0.25, 0.3) is 0 Å². The number of nitrogens with zero attached hydrogens (tertiary/aromatic N) is 2. The molecule has 0 fully saturated rings. The van der Waals surface area contributed by atoms with Crippen molar-refractivity contribution in [1.29, 1.82) is 0 Å². The van der Waals surface area contributed by atoms with Gasteiger partial charge in [0.1, 0.15) is 5.69 Å². The molecule has 0 N–H and O–H groups in total. The number of methoxy groups -OCH3 is 1. The zero-order valence-electron chi connectivity index (χ0n) is 16.6. The second-order valence-electron chi connectivity index (χ2n) is 7.16. The number of ether oxygens (including phenoxy) is 1. The van der Waals surface area contributed by atoms with E-state index < -0.39 is 0 Å². The minimum atomic E-state index is -0.384. The van der Waals surface area contributed by atoms with Crippen LogP contribution in [0.2, 0.25) is 0 Å².